The normalized spacial score (nSPS) is 18.4. The second-order valence-corrected chi connectivity index (χ2v) is 11.7. The summed E-state index contributed by atoms with van der Waals surface area (Å²) in [6, 6.07) is 8.41. The van der Waals surface area contributed by atoms with Crippen molar-refractivity contribution in [2.45, 2.75) is 84.3 Å². The van der Waals surface area contributed by atoms with E-state index in [1.54, 1.807) is 7.11 Å². The summed E-state index contributed by atoms with van der Waals surface area (Å²) >= 11 is 0. The summed E-state index contributed by atoms with van der Waals surface area (Å²) in [6.07, 6.45) is 6.78. The third kappa shape index (κ3) is 8.06. The summed E-state index contributed by atoms with van der Waals surface area (Å²) in [4.78, 5) is 16.2. The number of ether oxygens (including phenoxy) is 1. The highest BCUT2D eigenvalue weighted by Crippen LogP contribution is 2.39. The van der Waals surface area contributed by atoms with Crippen molar-refractivity contribution in [3.05, 3.63) is 36.0 Å². The van der Waals surface area contributed by atoms with E-state index in [1.807, 2.05) is 6.20 Å². The van der Waals surface area contributed by atoms with Crippen LogP contribution in [0.1, 0.15) is 77.7 Å². The number of methoxy groups -OCH3 is 1. The second kappa shape index (κ2) is 13.6. The van der Waals surface area contributed by atoms with Gasteiger partial charge in [-0.1, -0.05) is 39.8 Å². The lowest BCUT2D eigenvalue weighted by Crippen LogP contribution is -2.43. The molecule has 3 rings (SSSR count). The Hall–Kier alpha value is -1.89. The molecule has 1 saturated carbocycles. The minimum atomic E-state index is -0.712. The maximum absolute atomic E-state index is 12.9. The lowest BCUT2D eigenvalue weighted by Gasteiger charge is -2.35. The Labute approximate surface area is 217 Å². The van der Waals surface area contributed by atoms with Crippen LogP contribution in [0.3, 0.4) is 0 Å². The van der Waals surface area contributed by atoms with E-state index in [-0.39, 0.29) is 23.8 Å². The van der Waals surface area contributed by atoms with E-state index >= 15 is 0 Å². The smallest absolute Gasteiger partial charge is 0.223 e. The third-order valence-corrected chi connectivity index (χ3v) is 8.18. The summed E-state index contributed by atoms with van der Waals surface area (Å²) < 4.78 is 5.36. The fourth-order valence-corrected chi connectivity index (χ4v) is 5.56. The van der Waals surface area contributed by atoms with Crippen LogP contribution < -0.4 is 11.1 Å². The first-order valence-electron chi connectivity index (χ1n) is 14.0. The average molecular weight is 500 g/mol. The zero-order valence-electron chi connectivity index (χ0n) is 23.0. The summed E-state index contributed by atoms with van der Waals surface area (Å²) in [5.41, 5.74) is 9.12. The quantitative estimate of drug-likeness (QED) is 0.238. The van der Waals surface area contributed by atoms with Gasteiger partial charge in [0.2, 0.25) is 5.91 Å². The lowest BCUT2D eigenvalue weighted by molar-refractivity contribution is -0.127. The van der Waals surface area contributed by atoms with Crippen molar-refractivity contribution in [3.63, 3.8) is 0 Å². The van der Waals surface area contributed by atoms with Gasteiger partial charge in [-0.05, 0) is 91.2 Å². The van der Waals surface area contributed by atoms with Crippen molar-refractivity contribution in [1.29, 1.82) is 0 Å². The number of aromatic nitrogens is 1. The maximum atomic E-state index is 12.9. The molecule has 1 unspecified atom stereocenters. The molecule has 0 radical (unpaired) electrons. The van der Waals surface area contributed by atoms with Crippen LogP contribution in [0.2, 0.25) is 0 Å². The first kappa shape index (κ1) is 28.7. The number of fused-ring (bicyclic) bond motifs is 1. The molecule has 0 bridgehead atoms. The average Bonchev–Trinajstić information content (AvgIpc) is 3.56. The van der Waals surface area contributed by atoms with E-state index in [4.69, 9.17) is 10.5 Å². The van der Waals surface area contributed by atoms with Gasteiger partial charge in [0.15, 0.2) is 0 Å². The third-order valence-electron chi connectivity index (χ3n) is 8.18. The number of carbonyl (C=O) groups is 1. The molecule has 1 fully saturated rings. The van der Waals surface area contributed by atoms with Crippen LogP contribution in [0.5, 0.6) is 0 Å². The van der Waals surface area contributed by atoms with Crippen LogP contribution in [0.4, 0.5) is 0 Å². The highest BCUT2D eigenvalue weighted by Gasteiger charge is 2.33. The summed E-state index contributed by atoms with van der Waals surface area (Å²) in [7, 11) is 1.75. The van der Waals surface area contributed by atoms with Crippen LogP contribution >= 0.6 is 0 Å². The molecule has 1 heterocycles. The number of hydrogen-bond donors (Lipinski definition) is 4. The molecule has 1 aliphatic rings. The summed E-state index contributed by atoms with van der Waals surface area (Å²) in [6.45, 7) is 10.1. The number of aliphatic hydroxyl groups is 1. The van der Waals surface area contributed by atoms with Crippen LogP contribution in [0.15, 0.2) is 30.5 Å². The Balaban J connectivity index is 1.71. The van der Waals surface area contributed by atoms with Gasteiger partial charge in [-0.2, -0.15) is 0 Å². The van der Waals surface area contributed by atoms with Crippen molar-refractivity contribution < 1.29 is 14.6 Å². The van der Waals surface area contributed by atoms with Crippen LogP contribution in [-0.4, -0.2) is 48.4 Å². The SMILES string of the molecule is COCCCC(c1ccc2cc[nH]c2c1)[C@@H](C[C@H](N)[C@@H](O)C[C@H](C(=O)NCC1CC1)C(C)C)C(C)C. The standard InChI is InChI=1S/C30H49N3O3/c1-19(2)25(24(7-6-14-36-5)23-11-10-22-12-13-32-28(22)15-23)16-27(31)29(34)17-26(20(3)4)30(35)33-18-21-8-9-21/h10-13,15,19-21,24-27,29,32,34H,6-9,14,16-18,31H2,1-5H3,(H,33,35)/t24?,25-,26-,27-,29-/m0/s1. The van der Waals surface area contributed by atoms with Crippen LogP contribution in [0, 0.1) is 29.6 Å². The second-order valence-electron chi connectivity index (χ2n) is 11.7. The van der Waals surface area contributed by atoms with E-state index < -0.39 is 6.10 Å². The summed E-state index contributed by atoms with van der Waals surface area (Å²) in [5, 5.41) is 15.5. The molecule has 1 amide bonds. The zero-order valence-corrected chi connectivity index (χ0v) is 23.0. The highest BCUT2D eigenvalue weighted by molar-refractivity contribution is 5.80. The Morgan fingerprint density at radius 1 is 1.17 bits per heavy atom. The Kier molecular flexibility index (Phi) is 10.8. The molecule has 2 aromatic rings. The van der Waals surface area contributed by atoms with Gasteiger partial charge >= 0.3 is 0 Å². The largest absolute Gasteiger partial charge is 0.391 e. The minimum Gasteiger partial charge on any atom is -0.391 e. The molecule has 36 heavy (non-hydrogen) atoms. The van der Waals surface area contributed by atoms with Gasteiger partial charge < -0.3 is 25.9 Å². The van der Waals surface area contributed by atoms with Gasteiger partial charge in [-0.15, -0.1) is 0 Å². The first-order valence-corrected chi connectivity index (χ1v) is 14.0. The maximum Gasteiger partial charge on any atom is 0.223 e. The molecular formula is C30H49N3O3. The Morgan fingerprint density at radius 2 is 1.92 bits per heavy atom. The summed E-state index contributed by atoms with van der Waals surface area (Å²) in [5.74, 6) is 1.64. The molecule has 5 N–H and O–H groups in total. The Bertz CT molecular complexity index is 936. The lowest BCUT2D eigenvalue weighted by atomic mass is 9.72. The topological polar surface area (TPSA) is 100 Å². The van der Waals surface area contributed by atoms with Gasteiger partial charge in [0.25, 0.3) is 0 Å². The number of rotatable bonds is 16. The molecule has 1 aliphatic carbocycles. The van der Waals surface area contributed by atoms with Crippen LogP contribution in [-0.2, 0) is 9.53 Å². The number of carbonyl (C=O) groups excluding carboxylic acids is 1. The highest BCUT2D eigenvalue weighted by atomic mass is 16.5. The predicted octanol–water partition coefficient (Wildman–Crippen LogP) is 5.22. The number of nitrogens with two attached hydrogens (primary N) is 1. The predicted molar refractivity (Wildman–Crippen MR) is 148 cm³/mol. The molecule has 1 aromatic carbocycles. The van der Waals surface area contributed by atoms with Crippen molar-refractivity contribution in [1.82, 2.24) is 10.3 Å². The molecule has 5 atom stereocenters. The number of benzene rings is 1. The molecule has 0 saturated heterocycles. The minimum absolute atomic E-state index is 0.0558. The van der Waals surface area contributed by atoms with Gasteiger partial charge in [-0.25, -0.2) is 0 Å². The van der Waals surface area contributed by atoms with E-state index in [1.165, 1.54) is 23.8 Å². The van der Waals surface area contributed by atoms with Gasteiger partial charge in [-0.3, -0.25) is 4.79 Å². The van der Waals surface area contributed by atoms with Gasteiger partial charge in [0.05, 0.1) is 6.10 Å². The number of aromatic amines is 1. The number of nitrogens with one attached hydrogen (secondary N) is 2. The molecule has 1 aromatic heterocycles. The van der Waals surface area contributed by atoms with Crippen molar-refractivity contribution in [2.24, 2.45) is 35.3 Å². The molecule has 0 aliphatic heterocycles. The number of hydrogen-bond acceptors (Lipinski definition) is 4. The van der Waals surface area contributed by atoms with E-state index in [0.717, 1.165) is 31.5 Å². The van der Waals surface area contributed by atoms with Gasteiger partial charge in [0, 0.05) is 43.9 Å². The van der Waals surface area contributed by atoms with Crippen molar-refractivity contribution in [2.75, 3.05) is 20.3 Å². The number of H-pyrrole nitrogens is 1. The zero-order chi connectivity index (χ0) is 26.2. The molecule has 6 nitrogen and oxygen atoms in total. The van der Waals surface area contributed by atoms with E-state index in [9.17, 15) is 9.90 Å². The first-order chi connectivity index (χ1) is 17.2. The fraction of sp³-hybridized carbons (Fsp3) is 0.700. The number of aliphatic hydroxyl groups excluding tert-OH is 1. The monoisotopic (exact) mass is 499 g/mol. The van der Waals surface area contributed by atoms with E-state index in [2.05, 4.69) is 62.3 Å². The molecule has 202 valence electrons. The fourth-order valence-electron chi connectivity index (χ4n) is 5.56. The van der Waals surface area contributed by atoms with Crippen molar-refractivity contribution in [3.8, 4) is 0 Å². The van der Waals surface area contributed by atoms with Crippen molar-refractivity contribution >= 4 is 16.8 Å². The Morgan fingerprint density at radius 3 is 2.56 bits per heavy atom. The van der Waals surface area contributed by atoms with Crippen LogP contribution in [0.25, 0.3) is 10.9 Å². The molecular weight excluding hydrogens is 450 g/mol. The molecule has 0 spiro atoms. The molecule has 6 heteroatoms. The van der Waals surface area contributed by atoms with Gasteiger partial charge in [0.1, 0.15) is 0 Å². The number of amides is 1. The van der Waals surface area contributed by atoms with E-state index in [0.29, 0.717) is 36.5 Å².